The molecule has 2 N–H and O–H groups in total. The van der Waals surface area contributed by atoms with Gasteiger partial charge in [-0.1, -0.05) is 11.6 Å². The van der Waals surface area contributed by atoms with Crippen LogP contribution in [-0.2, 0) is 14.3 Å². The number of benzene rings is 2. The van der Waals surface area contributed by atoms with Crippen molar-refractivity contribution in [1.29, 1.82) is 0 Å². The van der Waals surface area contributed by atoms with Crippen molar-refractivity contribution in [2.45, 2.75) is 6.92 Å². The van der Waals surface area contributed by atoms with Crippen LogP contribution in [0.4, 0.5) is 11.4 Å². The number of rotatable bonds is 6. The molecule has 2 rings (SSSR count). The molecule has 0 unspecified atom stereocenters. The van der Waals surface area contributed by atoms with E-state index in [1.807, 2.05) is 0 Å². The summed E-state index contributed by atoms with van der Waals surface area (Å²) in [6, 6.07) is 11.0. The van der Waals surface area contributed by atoms with Crippen LogP contribution in [-0.4, -0.2) is 31.5 Å². The third kappa shape index (κ3) is 5.49. The topological polar surface area (TPSA) is 93.7 Å². The molecule has 2 aromatic rings. The number of carbonyl (C=O) groups excluding carboxylic acids is 3. The van der Waals surface area contributed by atoms with Crippen LogP contribution in [0.3, 0.4) is 0 Å². The number of nitrogens with one attached hydrogen (secondary N) is 2. The maximum absolute atomic E-state index is 12.1. The van der Waals surface area contributed by atoms with E-state index in [1.54, 1.807) is 30.3 Å². The fourth-order valence-corrected chi connectivity index (χ4v) is 2.26. The third-order valence-corrected chi connectivity index (χ3v) is 3.44. The summed E-state index contributed by atoms with van der Waals surface area (Å²) in [4.78, 5) is 35.0. The highest BCUT2D eigenvalue weighted by Crippen LogP contribution is 2.23. The highest BCUT2D eigenvalue weighted by atomic mass is 35.5. The first kappa shape index (κ1) is 19.3. The van der Waals surface area contributed by atoms with Gasteiger partial charge in [-0.25, -0.2) is 4.79 Å². The van der Waals surface area contributed by atoms with Crippen molar-refractivity contribution in [1.82, 2.24) is 0 Å². The molecule has 0 spiro atoms. The molecule has 7 nitrogen and oxygen atoms in total. The molecule has 0 aliphatic carbocycles. The second-order valence-corrected chi connectivity index (χ2v) is 5.66. The smallest absolute Gasteiger partial charge is 0.342 e. The first-order valence-electron chi connectivity index (χ1n) is 7.57. The van der Waals surface area contributed by atoms with Crippen LogP contribution in [0, 0.1) is 0 Å². The van der Waals surface area contributed by atoms with E-state index in [0.717, 1.165) is 0 Å². The Labute approximate surface area is 155 Å². The SMILES string of the molecule is COc1ccc(Cl)cc1C(=O)OCC(=O)Nc1ccc(NC(C)=O)cc1. The van der Waals surface area contributed by atoms with Crippen LogP contribution in [0.5, 0.6) is 5.75 Å². The van der Waals surface area contributed by atoms with E-state index in [9.17, 15) is 14.4 Å². The van der Waals surface area contributed by atoms with E-state index in [4.69, 9.17) is 21.1 Å². The van der Waals surface area contributed by atoms with Crippen molar-refractivity contribution < 1.29 is 23.9 Å². The first-order valence-corrected chi connectivity index (χ1v) is 7.95. The van der Waals surface area contributed by atoms with Gasteiger partial charge < -0.3 is 20.1 Å². The van der Waals surface area contributed by atoms with Crippen LogP contribution >= 0.6 is 11.6 Å². The lowest BCUT2D eigenvalue weighted by Crippen LogP contribution is -2.21. The zero-order valence-corrected chi connectivity index (χ0v) is 14.9. The van der Waals surface area contributed by atoms with E-state index in [-0.39, 0.29) is 11.5 Å². The third-order valence-electron chi connectivity index (χ3n) is 3.20. The molecule has 0 saturated carbocycles. The molecule has 0 heterocycles. The van der Waals surface area contributed by atoms with Crippen molar-refractivity contribution in [2.75, 3.05) is 24.4 Å². The normalized spacial score (nSPS) is 9.96. The number of methoxy groups -OCH3 is 1. The molecular weight excluding hydrogens is 360 g/mol. The van der Waals surface area contributed by atoms with Crippen LogP contribution in [0.2, 0.25) is 5.02 Å². The summed E-state index contributed by atoms with van der Waals surface area (Å²) >= 11 is 5.86. The maximum Gasteiger partial charge on any atom is 0.342 e. The molecule has 0 atom stereocenters. The van der Waals surface area contributed by atoms with Crippen molar-refractivity contribution in [3.05, 3.63) is 53.1 Å². The van der Waals surface area contributed by atoms with Gasteiger partial charge in [0.25, 0.3) is 5.91 Å². The van der Waals surface area contributed by atoms with Crippen LogP contribution in [0.1, 0.15) is 17.3 Å². The fourth-order valence-electron chi connectivity index (χ4n) is 2.09. The van der Waals surface area contributed by atoms with Gasteiger partial charge in [0, 0.05) is 23.3 Å². The van der Waals surface area contributed by atoms with E-state index < -0.39 is 18.5 Å². The summed E-state index contributed by atoms with van der Waals surface area (Å²) in [6.45, 7) is 0.931. The molecular formula is C18H17ClN2O5. The fraction of sp³-hybridized carbons (Fsp3) is 0.167. The van der Waals surface area contributed by atoms with Gasteiger partial charge in [-0.05, 0) is 42.5 Å². The van der Waals surface area contributed by atoms with Crippen molar-refractivity contribution in [2.24, 2.45) is 0 Å². The van der Waals surface area contributed by atoms with Crippen LogP contribution < -0.4 is 15.4 Å². The summed E-state index contributed by atoms with van der Waals surface area (Å²) in [7, 11) is 1.41. The predicted octanol–water partition coefficient (Wildman–Crippen LogP) is 3.10. The lowest BCUT2D eigenvalue weighted by Gasteiger charge is -2.10. The Morgan fingerprint density at radius 2 is 1.62 bits per heavy atom. The first-order chi connectivity index (χ1) is 12.4. The minimum atomic E-state index is -0.722. The number of hydrogen-bond donors (Lipinski definition) is 2. The zero-order chi connectivity index (χ0) is 19.1. The van der Waals surface area contributed by atoms with E-state index in [1.165, 1.54) is 26.2 Å². The van der Waals surface area contributed by atoms with E-state index in [2.05, 4.69) is 10.6 Å². The molecule has 8 heteroatoms. The van der Waals surface area contributed by atoms with Crippen molar-refractivity contribution in [3.63, 3.8) is 0 Å². The van der Waals surface area contributed by atoms with E-state index in [0.29, 0.717) is 22.1 Å². The second-order valence-electron chi connectivity index (χ2n) is 5.23. The molecule has 0 aliphatic rings. The Morgan fingerprint density at radius 1 is 1.00 bits per heavy atom. The molecule has 0 radical (unpaired) electrons. The molecule has 0 saturated heterocycles. The molecule has 136 valence electrons. The number of hydrogen-bond acceptors (Lipinski definition) is 5. The van der Waals surface area contributed by atoms with Gasteiger partial charge >= 0.3 is 5.97 Å². The standard InChI is InChI=1S/C18H17ClN2O5/c1-11(22)20-13-4-6-14(7-5-13)21-17(23)10-26-18(24)15-9-12(19)3-8-16(15)25-2/h3-9H,10H2,1-2H3,(H,20,22)(H,21,23). The summed E-state index contributed by atoms with van der Waals surface area (Å²) in [5, 5.41) is 5.55. The number of anilines is 2. The average molecular weight is 377 g/mol. The zero-order valence-electron chi connectivity index (χ0n) is 14.2. The Hall–Kier alpha value is -3.06. The van der Waals surface area contributed by atoms with Gasteiger partial charge in [0.1, 0.15) is 11.3 Å². The van der Waals surface area contributed by atoms with E-state index >= 15 is 0 Å². The quantitative estimate of drug-likeness (QED) is 0.755. The molecule has 26 heavy (non-hydrogen) atoms. The molecule has 2 aromatic carbocycles. The Bertz CT molecular complexity index is 821. The predicted molar refractivity (Wildman–Crippen MR) is 97.7 cm³/mol. The van der Waals surface area contributed by atoms with Gasteiger partial charge in [0.2, 0.25) is 5.91 Å². The highest BCUT2D eigenvalue weighted by molar-refractivity contribution is 6.31. The van der Waals surface area contributed by atoms with Crippen LogP contribution in [0.15, 0.2) is 42.5 Å². The second kappa shape index (κ2) is 8.87. The molecule has 2 amide bonds. The molecule has 0 aliphatic heterocycles. The van der Waals surface area contributed by atoms with Gasteiger partial charge in [-0.3, -0.25) is 9.59 Å². The Morgan fingerprint density at radius 3 is 2.19 bits per heavy atom. The van der Waals surface area contributed by atoms with Crippen molar-refractivity contribution in [3.8, 4) is 5.75 Å². The molecule has 0 aromatic heterocycles. The number of ether oxygens (including phenoxy) is 2. The minimum Gasteiger partial charge on any atom is -0.496 e. The summed E-state index contributed by atoms with van der Waals surface area (Å²) in [5.41, 5.74) is 1.24. The lowest BCUT2D eigenvalue weighted by atomic mass is 10.2. The minimum absolute atomic E-state index is 0.132. The summed E-state index contributed by atoms with van der Waals surface area (Å²) in [5.74, 6) is -1.12. The largest absolute Gasteiger partial charge is 0.496 e. The summed E-state index contributed by atoms with van der Waals surface area (Å²) in [6.07, 6.45) is 0. The molecule has 0 fully saturated rings. The number of amides is 2. The Kier molecular flexibility index (Phi) is 6.57. The van der Waals surface area contributed by atoms with Gasteiger partial charge in [0.05, 0.1) is 7.11 Å². The average Bonchev–Trinajstić information content (AvgIpc) is 2.61. The highest BCUT2D eigenvalue weighted by Gasteiger charge is 2.16. The number of halogens is 1. The van der Waals surface area contributed by atoms with Gasteiger partial charge in [-0.15, -0.1) is 0 Å². The van der Waals surface area contributed by atoms with Gasteiger partial charge in [-0.2, -0.15) is 0 Å². The number of esters is 1. The monoisotopic (exact) mass is 376 g/mol. The molecule has 0 bridgehead atoms. The lowest BCUT2D eigenvalue weighted by molar-refractivity contribution is -0.119. The van der Waals surface area contributed by atoms with Crippen LogP contribution in [0.25, 0.3) is 0 Å². The van der Waals surface area contributed by atoms with Gasteiger partial charge in [0.15, 0.2) is 6.61 Å². The maximum atomic E-state index is 12.1. The summed E-state index contributed by atoms with van der Waals surface area (Å²) < 4.78 is 10.1. The van der Waals surface area contributed by atoms with Crippen molar-refractivity contribution >= 4 is 40.8 Å². The number of carbonyl (C=O) groups is 3. The Balaban J connectivity index is 1.91.